The Balaban J connectivity index is 1.44. The van der Waals surface area contributed by atoms with Crippen molar-refractivity contribution in [3.63, 3.8) is 0 Å². The number of hydrogen-bond acceptors (Lipinski definition) is 4. The molecule has 5 nitrogen and oxygen atoms in total. The molecular weight excluding hydrogens is 381 g/mol. The van der Waals surface area contributed by atoms with Gasteiger partial charge < -0.3 is 10.1 Å². The lowest BCUT2D eigenvalue weighted by Gasteiger charge is -2.22. The van der Waals surface area contributed by atoms with Gasteiger partial charge in [-0.1, -0.05) is 19.9 Å². The van der Waals surface area contributed by atoms with Crippen LogP contribution in [0.15, 0.2) is 48.8 Å². The van der Waals surface area contributed by atoms with Crippen LogP contribution >= 0.6 is 0 Å². The minimum atomic E-state index is -0.312. The van der Waals surface area contributed by atoms with Gasteiger partial charge in [0.25, 0.3) is 0 Å². The van der Waals surface area contributed by atoms with E-state index in [1.165, 1.54) is 12.1 Å². The van der Waals surface area contributed by atoms with Gasteiger partial charge in [-0.3, -0.25) is 9.78 Å². The Kier molecular flexibility index (Phi) is 5.66. The molecule has 0 bridgehead atoms. The van der Waals surface area contributed by atoms with E-state index in [4.69, 9.17) is 4.74 Å². The summed E-state index contributed by atoms with van der Waals surface area (Å²) < 4.78 is 20.0. The first kappa shape index (κ1) is 20.3. The van der Waals surface area contributed by atoms with Crippen molar-refractivity contribution in [1.82, 2.24) is 9.97 Å². The minimum Gasteiger partial charge on any atom is -0.490 e. The average Bonchev–Trinajstić information content (AvgIpc) is 3.09. The zero-order valence-corrected chi connectivity index (χ0v) is 17.4. The molecule has 0 aliphatic heterocycles. The number of nitrogens with zero attached hydrogens (tertiary/aromatic N) is 2. The molecule has 1 fully saturated rings. The SMILES string of the molecule is Cc1ccc(NC(=O)C(C)C2CC(Oc3ccnc4ccc(F)cc34)CC2C)nc1. The zero-order chi connectivity index (χ0) is 21.3. The number of rotatable bonds is 5. The van der Waals surface area contributed by atoms with Gasteiger partial charge in [0.05, 0.1) is 11.6 Å². The van der Waals surface area contributed by atoms with E-state index in [-0.39, 0.29) is 29.7 Å². The number of benzene rings is 1. The molecule has 1 aromatic carbocycles. The highest BCUT2D eigenvalue weighted by Crippen LogP contribution is 2.40. The Bertz CT molecular complexity index is 1050. The number of carbonyl (C=O) groups is 1. The van der Waals surface area contributed by atoms with Crippen molar-refractivity contribution in [1.29, 1.82) is 0 Å². The number of nitrogens with one attached hydrogen (secondary N) is 1. The molecule has 2 heterocycles. The smallest absolute Gasteiger partial charge is 0.228 e. The molecule has 1 saturated carbocycles. The standard InChI is InChI=1S/C24H26FN3O2/c1-14-4-7-23(27-13-14)28-24(29)16(3)19-12-18(10-15(19)2)30-22-8-9-26-21-6-5-17(25)11-20(21)22/h4-9,11,13,15-16,18-19H,10,12H2,1-3H3,(H,27,28,29). The van der Waals surface area contributed by atoms with Crippen LogP contribution in [0.5, 0.6) is 5.75 Å². The Morgan fingerprint density at radius 2 is 2.03 bits per heavy atom. The zero-order valence-electron chi connectivity index (χ0n) is 17.4. The molecule has 156 valence electrons. The van der Waals surface area contributed by atoms with E-state index in [0.29, 0.717) is 28.4 Å². The largest absolute Gasteiger partial charge is 0.490 e. The third-order valence-electron chi connectivity index (χ3n) is 6.08. The highest BCUT2D eigenvalue weighted by molar-refractivity contribution is 5.91. The molecule has 1 amide bonds. The highest BCUT2D eigenvalue weighted by atomic mass is 19.1. The van der Waals surface area contributed by atoms with E-state index < -0.39 is 0 Å². The summed E-state index contributed by atoms with van der Waals surface area (Å²) in [5.74, 6) is 1.24. The fraction of sp³-hybridized carbons (Fsp3) is 0.375. The average molecular weight is 407 g/mol. The van der Waals surface area contributed by atoms with Crippen molar-refractivity contribution in [3.8, 4) is 5.75 Å². The summed E-state index contributed by atoms with van der Waals surface area (Å²) in [7, 11) is 0. The minimum absolute atomic E-state index is 0.0217. The van der Waals surface area contributed by atoms with Crippen LogP contribution in [-0.2, 0) is 4.79 Å². The molecule has 4 unspecified atom stereocenters. The van der Waals surface area contributed by atoms with Crippen LogP contribution in [0.3, 0.4) is 0 Å². The number of aromatic nitrogens is 2. The molecule has 0 spiro atoms. The summed E-state index contributed by atoms with van der Waals surface area (Å²) in [5.41, 5.74) is 1.75. The van der Waals surface area contributed by atoms with E-state index in [9.17, 15) is 9.18 Å². The van der Waals surface area contributed by atoms with Crippen molar-refractivity contribution < 1.29 is 13.9 Å². The lowest BCUT2D eigenvalue weighted by atomic mass is 9.85. The summed E-state index contributed by atoms with van der Waals surface area (Å²) >= 11 is 0. The predicted octanol–water partition coefficient (Wildman–Crippen LogP) is 5.15. The van der Waals surface area contributed by atoms with E-state index in [2.05, 4.69) is 22.2 Å². The van der Waals surface area contributed by atoms with Crippen molar-refractivity contribution >= 4 is 22.6 Å². The maximum atomic E-state index is 13.7. The number of halogens is 1. The molecule has 3 aromatic rings. The van der Waals surface area contributed by atoms with Gasteiger partial charge in [0.2, 0.25) is 5.91 Å². The number of pyridine rings is 2. The third kappa shape index (κ3) is 4.27. The predicted molar refractivity (Wildman–Crippen MR) is 115 cm³/mol. The molecule has 30 heavy (non-hydrogen) atoms. The quantitative estimate of drug-likeness (QED) is 0.636. The van der Waals surface area contributed by atoms with Crippen LogP contribution in [0.2, 0.25) is 0 Å². The van der Waals surface area contributed by atoms with Crippen molar-refractivity contribution in [2.75, 3.05) is 5.32 Å². The van der Waals surface area contributed by atoms with Crippen molar-refractivity contribution in [2.45, 2.75) is 39.7 Å². The molecule has 1 aliphatic rings. The number of anilines is 1. The summed E-state index contributed by atoms with van der Waals surface area (Å²) in [4.78, 5) is 21.3. The second-order valence-corrected chi connectivity index (χ2v) is 8.32. The number of hydrogen-bond donors (Lipinski definition) is 1. The summed E-state index contributed by atoms with van der Waals surface area (Å²) in [5, 5.41) is 3.59. The molecule has 1 aliphatic carbocycles. The van der Waals surface area contributed by atoms with E-state index >= 15 is 0 Å². The Labute approximate surface area is 175 Å². The van der Waals surface area contributed by atoms with Gasteiger partial charge in [-0.15, -0.1) is 0 Å². The van der Waals surface area contributed by atoms with Gasteiger partial charge in [0, 0.05) is 23.7 Å². The molecule has 2 aromatic heterocycles. The Morgan fingerprint density at radius 3 is 2.80 bits per heavy atom. The van der Waals surface area contributed by atoms with E-state index in [0.717, 1.165) is 18.4 Å². The second-order valence-electron chi connectivity index (χ2n) is 8.32. The lowest BCUT2D eigenvalue weighted by molar-refractivity contribution is -0.121. The van der Waals surface area contributed by atoms with Crippen LogP contribution in [0.4, 0.5) is 10.2 Å². The lowest BCUT2D eigenvalue weighted by Crippen LogP contribution is -2.29. The van der Waals surface area contributed by atoms with Gasteiger partial charge in [-0.05, 0) is 67.5 Å². The van der Waals surface area contributed by atoms with Crippen LogP contribution in [-0.4, -0.2) is 22.0 Å². The molecule has 1 N–H and O–H groups in total. The summed E-state index contributed by atoms with van der Waals surface area (Å²) in [6.07, 6.45) is 5.02. The van der Waals surface area contributed by atoms with Crippen molar-refractivity contribution in [2.24, 2.45) is 17.8 Å². The summed E-state index contributed by atoms with van der Waals surface area (Å²) in [6.45, 7) is 6.08. The number of aryl methyl sites for hydroxylation is 1. The van der Waals surface area contributed by atoms with Crippen molar-refractivity contribution in [3.05, 3.63) is 60.2 Å². The van der Waals surface area contributed by atoms with Gasteiger partial charge >= 0.3 is 0 Å². The van der Waals surface area contributed by atoms with E-state index in [1.807, 2.05) is 26.0 Å². The van der Waals surface area contributed by atoms with Gasteiger partial charge in [0.15, 0.2) is 0 Å². The first-order valence-electron chi connectivity index (χ1n) is 10.3. The maximum Gasteiger partial charge on any atom is 0.228 e. The third-order valence-corrected chi connectivity index (χ3v) is 6.08. The molecule has 4 atom stereocenters. The van der Waals surface area contributed by atoms with E-state index in [1.54, 1.807) is 24.5 Å². The second kappa shape index (κ2) is 8.38. The van der Waals surface area contributed by atoms with Gasteiger partial charge in [-0.2, -0.15) is 0 Å². The molecule has 0 saturated heterocycles. The first-order chi connectivity index (χ1) is 14.4. The number of ether oxygens (including phenoxy) is 1. The number of amides is 1. The normalized spacial score (nSPS) is 22.1. The van der Waals surface area contributed by atoms with Crippen LogP contribution < -0.4 is 10.1 Å². The topological polar surface area (TPSA) is 64.1 Å². The van der Waals surface area contributed by atoms with Gasteiger partial charge in [0.1, 0.15) is 17.4 Å². The Morgan fingerprint density at radius 1 is 1.20 bits per heavy atom. The Hall–Kier alpha value is -3.02. The number of carbonyl (C=O) groups excluding carboxylic acids is 1. The molecule has 6 heteroatoms. The molecule has 0 radical (unpaired) electrons. The fourth-order valence-corrected chi connectivity index (χ4v) is 4.37. The molecular formula is C24H26FN3O2. The van der Waals surface area contributed by atoms with Gasteiger partial charge in [-0.25, -0.2) is 9.37 Å². The van der Waals surface area contributed by atoms with Crippen LogP contribution in [0, 0.1) is 30.5 Å². The number of fused-ring (bicyclic) bond motifs is 1. The molecule has 4 rings (SSSR count). The van der Waals surface area contributed by atoms with Crippen LogP contribution in [0.25, 0.3) is 10.9 Å². The fourth-order valence-electron chi connectivity index (χ4n) is 4.37. The van der Waals surface area contributed by atoms with Crippen LogP contribution in [0.1, 0.15) is 32.3 Å². The summed E-state index contributed by atoms with van der Waals surface area (Å²) in [6, 6.07) is 10.0. The monoisotopic (exact) mass is 407 g/mol. The first-order valence-corrected chi connectivity index (χ1v) is 10.3. The maximum absolute atomic E-state index is 13.7. The highest BCUT2D eigenvalue weighted by Gasteiger charge is 2.38.